The Hall–Kier alpha value is 0.780. The van der Waals surface area contributed by atoms with Crippen molar-refractivity contribution >= 4 is 47.8 Å². The molecule has 0 rings (SSSR count). The fraction of sp³-hybridized carbons (Fsp3) is 0.714. The standard InChI is InChI=1S/C7H11Br3O2/c1-2-3-4-7(9,10)5(8)6(11)12/h11-12H,2-4H2,1H3. The van der Waals surface area contributed by atoms with Gasteiger partial charge in [-0.2, -0.15) is 0 Å². The van der Waals surface area contributed by atoms with Crippen LogP contribution >= 0.6 is 47.8 Å². The largest absolute Gasteiger partial charge is 0.480 e. The molecule has 2 nitrogen and oxygen atoms in total. The predicted molar refractivity (Wildman–Crippen MR) is 61.3 cm³/mol. The summed E-state index contributed by atoms with van der Waals surface area (Å²) in [5.41, 5.74) is 0. The maximum absolute atomic E-state index is 8.78. The molecule has 0 atom stereocenters. The molecule has 0 aromatic rings. The number of hydrogen-bond acceptors (Lipinski definition) is 2. The van der Waals surface area contributed by atoms with Gasteiger partial charge in [0.1, 0.15) is 7.72 Å². The second-order valence-electron chi connectivity index (χ2n) is 2.45. The van der Waals surface area contributed by atoms with Crippen LogP contribution in [0, 0.1) is 0 Å². The van der Waals surface area contributed by atoms with Crippen molar-refractivity contribution in [1.29, 1.82) is 0 Å². The Bertz CT molecular complexity index is 173. The van der Waals surface area contributed by atoms with E-state index in [4.69, 9.17) is 10.2 Å². The molecule has 72 valence electrons. The maximum atomic E-state index is 8.78. The van der Waals surface area contributed by atoms with E-state index in [1.807, 2.05) is 0 Å². The van der Waals surface area contributed by atoms with Crippen LogP contribution < -0.4 is 0 Å². The summed E-state index contributed by atoms with van der Waals surface area (Å²) in [7, 11) is 0. The van der Waals surface area contributed by atoms with Crippen LogP contribution in [0.25, 0.3) is 0 Å². The molecule has 0 saturated heterocycles. The van der Waals surface area contributed by atoms with E-state index in [-0.39, 0.29) is 0 Å². The van der Waals surface area contributed by atoms with Crippen LogP contribution in [0.15, 0.2) is 10.4 Å². The molecule has 0 aliphatic rings. The molecule has 12 heavy (non-hydrogen) atoms. The van der Waals surface area contributed by atoms with E-state index in [2.05, 4.69) is 54.7 Å². The van der Waals surface area contributed by atoms with Crippen LogP contribution in [0.3, 0.4) is 0 Å². The van der Waals surface area contributed by atoms with Crippen molar-refractivity contribution in [2.75, 3.05) is 0 Å². The monoisotopic (exact) mass is 364 g/mol. The van der Waals surface area contributed by atoms with Crippen LogP contribution in [0.2, 0.25) is 0 Å². The lowest BCUT2D eigenvalue weighted by Crippen LogP contribution is -2.12. The summed E-state index contributed by atoms with van der Waals surface area (Å²) in [6.07, 6.45) is 2.85. The van der Waals surface area contributed by atoms with Crippen LogP contribution in [-0.2, 0) is 0 Å². The summed E-state index contributed by atoms with van der Waals surface area (Å²) in [5, 5.41) is 17.6. The summed E-state index contributed by atoms with van der Waals surface area (Å²) in [6, 6.07) is 0. The number of alkyl halides is 2. The zero-order valence-corrected chi connectivity index (χ0v) is 11.4. The first-order valence-electron chi connectivity index (χ1n) is 3.57. The van der Waals surface area contributed by atoms with Gasteiger partial charge >= 0.3 is 0 Å². The highest BCUT2D eigenvalue weighted by atomic mass is 79.9. The minimum Gasteiger partial charge on any atom is -0.480 e. The van der Waals surface area contributed by atoms with Crippen LogP contribution in [0.4, 0.5) is 0 Å². The minimum absolute atomic E-state index is 0.323. The SMILES string of the molecule is CCCCC(Br)(Br)C(Br)=C(O)O. The molecule has 5 heteroatoms. The molecule has 0 heterocycles. The number of aliphatic hydroxyl groups excluding tert-OH is 1. The number of aliphatic hydroxyl groups is 2. The number of allylic oxidation sites excluding steroid dienone is 1. The average Bonchev–Trinajstić information content (AvgIpc) is 1.99. The first-order valence-corrected chi connectivity index (χ1v) is 5.95. The molecular formula is C7H11Br3O2. The third-order valence-electron chi connectivity index (χ3n) is 1.36. The van der Waals surface area contributed by atoms with E-state index in [0.717, 1.165) is 19.3 Å². The van der Waals surface area contributed by atoms with Gasteiger partial charge in [0, 0.05) is 0 Å². The smallest absolute Gasteiger partial charge is 0.287 e. The predicted octanol–water partition coefficient (Wildman–Crippen LogP) is 4.34. The van der Waals surface area contributed by atoms with Crippen molar-refractivity contribution < 1.29 is 10.2 Å². The van der Waals surface area contributed by atoms with Gasteiger partial charge in [0.25, 0.3) is 5.95 Å². The summed E-state index contributed by atoms with van der Waals surface area (Å²) in [4.78, 5) is 0. The van der Waals surface area contributed by atoms with Gasteiger partial charge in [0.15, 0.2) is 0 Å². The molecule has 0 aromatic carbocycles. The lowest BCUT2D eigenvalue weighted by atomic mass is 10.2. The third-order valence-corrected chi connectivity index (χ3v) is 5.04. The number of rotatable bonds is 4. The fourth-order valence-electron chi connectivity index (χ4n) is 0.672. The molecule has 0 bridgehead atoms. The number of unbranched alkanes of at least 4 members (excludes halogenated alkanes) is 1. The first-order chi connectivity index (χ1) is 5.41. The molecule has 0 radical (unpaired) electrons. The highest BCUT2D eigenvalue weighted by Crippen LogP contribution is 2.43. The van der Waals surface area contributed by atoms with E-state index in [1.165, 1.54) is 0 Å². The van der Waals surface area contributed by atoms with Crippen molar-refractivity contribution in [1.82, 2.24) is 0 Å². The Morgan fingerprint density at radius 3 is 2.17 bits per heavy atom. The van der Waals surface area contributed by atoms with Gasteiger partial charge in [-0.3, -0.25) is 0 Å². The Labute approximate surface area is 97.4 Å². The Kier molecular flexibility index (Phi) is 5.85. The van der Waals surface area contributed by atoms with E-state index in [1.54, 1.807) is 0 Å². The third kappa shape index (κ3) is 4.14. The molecule has 0 amide bonds. The molecule has 0 aromatic heterocycles. The Morgan fingerprint density at radius 1 is 1.33 bits per heavy atom. The molecule has 0 fully saturated rings. The maximum Gasteiger partial charge on any atom is 0.287 e. The van der Waals surface area contributed by atoms with Gasteiger partial charge in [-0.15, -0.1) is 0 Å². The zero-order valence-electron chi connectivity index (χ0n) is 6.65. The highest BCUT2D eigenvalue weighted by molar-refractivity contribution is 9.26. The quantitative estimate of drug-likeness (QED) is 0.574. The van der Waals surface area contributed by atoms with Gasteiger partial charge in [-0.1, -0.05) is 51.6 Å². The average molecular weight is 367 g/mol. The van der Waals surface area contributed by atoms with Crippen LogP contribution in [0.1, 0.15) is 26.2 Å². The Morgan fingerprint density at radius 2 is 1.83 bits per heavy atom. The molecule has 0 aliphatic carbocycles. The minimum atomic E-state index is -0.695. The van der Waals surface area contributed by atoms with E-state index in [0.29, 0.717) is 4.48 Å². The molecule has 0 spiro atoms. The van der Waals surface area contributed by atoms with Crippen molar-refractivity contribution in [3.63, 3.8) is 0 Å². The molecular weight excluding hydrogens is 356 g/mol. The molecule has 0 unspecified atom stereocenters. The first kappa shape index (κ1) is 12.8. The molecule has 0 aliphatic heterocycles. The van der Waals surface area contributed by atoms with E-state index < -0.39 is 9.18 Å². The van der Waals surface area contributed by atoms with Gasteiger partial charge < -0.3 is 10.2 Å². The topological polar surface area (TPSA) is 40.5 Å². The molecule has 2 N–H and O–H groups in total. The van der Waals surface area contributed by atoms with Gasteiger partial charge in [0.2, 0.25) is 0 Å². The van der Waals surface area contributed by atoms with Gasteiger partial charge in [0.05, 0.1) is 0 Å². The highest BCUT2D eigenvalue weighted by Gasteiger charge is 2.29. The van der Waals surface area contributed by atoms with Gasteiger partial charge in [-0.25, -0.2) is 0 Å². The second kappa shape index (κ2) is 5.50. The fourth-order valence-corrected chi connectivity index (χ4v) is 1.79. The van der Waals surface area contributed by atoms with Crippen molar-refractivity contribution in [3.8, 4) is 0 Å². The van der Waals surface area contributed by atoms with Crippen LogP contribution in [-0.4, -0.2) is 13.4 Å². The number of halogens is 3. The lowest BCUT2D eigenvalue weighted by molar-refractivity contribution is 0.187. The van der Waals surface area contributed by atoms with Gasteiger partial charge in [-0.05, 0) is 22.4 Å². The summed E-state index contributed by atoms with van der Waals surface area (Å²) in [6.45, 7) is 2.08. The van der Waals surface area contributed by atoms with Crippen molar-refractivity contribution in [3.05, 3.63) is 10.4 Å². The summed E-state index contributed by atoms with van der Waals surface area (Å²) in [5.74, 6) is -0.695. The number of hydrogen-bond donors (Lipinski definition) is 2. The Balaban J connectivity index is 4.29. The van der Waals surface area contributed by atoms with E-state index >= 15 is 0 Å². The zero-order chi connectivity index (χ0) is 9.78. The summed E-state index contributed by atoms with van der Waals surface area (Å²) < 4.78 is -0.224. The van der Waals surface area contributed by atoms with Crippen LogP contribution in [0.5, 0.6) is 0 Å². The van der Waals surface area contributed by atoms with Crippen molar-refractivity contribution in [2.45, 2.75) is 29.4 Å². The second-order valence-corrected chi connectivity index (χ2v) is 7.01. The summed E-state index contributed by atoms with van der Waals surface area (Å²) >= 11 is 9.76. The molecule has 0 saturated carbocycles. The van der Waals surface area contributed by atoms with E-state index in [9.17, 15) is 0 Å². The van der Waals surface area contributed by atoms with Crippen molar-refractivity contribution in [2.24, 2.45) is 0 Å². The lowest BCUT2D eigenvalue weighted by Gasteiger charge is -2.18. The normalized spacial score (nSPS) is 11.3.